The first-order chi connectivity index (χ1) is 14.0. The number of rotatable bonds is 11. The van der Waals surface area contributed by atoms with Crippen LogP contribution in [0.4, 0.5) is 0 Å². The number of hydrogen-bond acceptors (Lipinski definition) is 4. The lowest BCUT2D eigenvalue weighted by Crippen LogP contribution is -2.43. The van der Waals surface area contributed by atoms with Crippen molar-refractivity contribution in [1.82, 2.24) is 0 Å². The molecule has 0 fully saturated rings. The van der Waals surface area contributed by atoms with E-state index in [1.54, 1.807) is 12.1 Å². The lowest BCUT2D eigenvalue weighted by molar-refractivity contribution is 0.108. The first kappa shape index (κ1) is 24.4. The van der Waals surface area contributed by atoms with Crippen LogP contribution in [-0.2, 0) is 14.3 Å². The van der Waals surface area contributed by atoms with Crippen molar-refractivity contribution in [2.75, 3.05) is 6.61 Å². The molecule has 0 amide bonds. The minimum absolute atomic E-state index is 0.151. The van der Waals surface area contributed by atoms with E-state index >= 15 is 0 Å². The summed E-state index contributed by atoms with van der Waals surface area (Å²) < 4.78 is 18.3. The molecule has 2 aromatic rings. The van der Waals surface area contributed by atoms with Crippen LogP contribution in [0.2, 0.25) is 12.6 Å². The summed E-state index contributed by atoms with van der Waals surface area (Å²) in [4.78, 5) is 0. The molecule has 2 rings (SSSR count). The van der Waals surface area contributed by atoms with E-state index in [9.17, 15) is 5.11 Å². The zero-order valence-corrected chi connectivity index (χ0v) is 20.6. The average Bonchev–Trinajstić information content (AvgIpc) is 2.64. The SMILES string of the molecule is CC(C)O[Si](C)(CCCOc1ccc(C(C)(C)c2ccc(O)cc2)cc1)OC(C)C. The molecule has 0 aromatic heterocycles. The van der Waals surface area contributed by atoms with E-state index < -0.39 is 8.56 Å². The van der Waals surface area contributed by atoms with Crippen molar-refractivity contribution in [2.45, 2.75) is 78.2 Å². The summed E-state index contributed by atoms with van der Waals surface area (Å²) in [6.45, 7) is 15.4. The van der Waals surface area contributed by atoms with Gasteiger partial charge in [0, 0.05) is 17.6 Å². The van der Waals surface area contributed by atoms with Gasteiger partial charge in [0.15, 0.2) is 0 Å². The normalized spacial score (nSPS) is 12.6. The highest BCUT2D eigenvalue weighted by Crippen LogP contribution is 2.33. The van der Waals surface area contributed by atoms with E-state index in [-0.39, 0.29) is 23.4 Å². The fraction of sp³-hybridized carbons (Fsp3) is 0.520. The van der Waals surface area contributed by atoms with E-state index in [4.69, 9.17) is 13.6 Å². The van der Waals surface area contributed by atoms with Crippen molar-refractivity contribution in [1.29, 1.82) is 0 Å². The first-order valence-electron chi connectivity index (χ1n) is 10.9. The highest BCUT2D eigenvalue weighted by atomic mass is 28.4. The van der Waals surface area contributed by atoms with Crippen molar-refractivity contribution in [3.8, 4) is 11.5 Å². The van der Waals surface area contributed by atoms with Gasteiger partial charge in [-0.2, -0.15) is 0 Å². The van der Waals surface area contributed by atoms with Gasteiger partial charge in [0.1, 0.15) is 11.5 Å². The summed E-state index contributed by atoms with van der Waals surface area (Å²) in [5.41, 5.74) is 2.21. The van der Waals surface area contributed by atoms with Crippen LogP contribution in [-0.4, -0.2) is 32.5 Å². The quantitative estimate of drug-likeness (QED) is 0.330. The lowest BCUT2D eigenvalue weighted by Gasteiger charge is -2.31. The minimum Gasteiger partial charge on any atom is -0.508 e. The van der Waals surface area contributed by atoms with Crippen molar-refractivity contribution in [3.05, 3.63) is 59.7 Å². The van der Waals surface area contributed by atoms with Gasteiger partial charge in [0.2, 0.25) is 0 Å². The summed E-state index contributed by atoms with van der Waals surface area (Å²) in [7, 11) is -2.19. The molecule has 0 aliphatic heterocycles. The van der Waals surface area contributed by atoms with E-state index in [2.05, 4.69) is 60.2 Å². The van der Waals surface area contributed by atoms with Gasteiger partial charge < -0.3 is 18.7 Å². The Labute approximate surface area is 183 Å². The maximum Gasteiger partial charge on any atom is 0.335 e. The maximum absolute atomic E-state index is 9.54. The van der Waals surface area contributed by atoms with Crippen LogP contribution < -0.4 is 4.74 Å². The molecule has 0 spiro atoms. The zero-order valence-electron chi connectivity index (χ0n) is 19.6. The third-order valence-electron chi connectivity index (χ3n) is 5.18. The molecule has 4 nitrogen and oxygen atoms in total. The summed E-state index contributed by atoms with van der Waals surface area (Å²) in [5.74, 6) is 1.16. The fourth-order valence-corrected chi connectivity index (χ4v) is 6.81. The smallest absolute Gasteiger partial charge is 0.335 e. The molecular weight excluding hydrogens is 392 g/mol. The second-order valence-corrected chi connectivity index (χ2v) is 12.4. The second-order valence-electron chi connectivity index (χ2n) is 9.12. The van der Waals surface area contributed by atoms with Gasteiger partial charge in [-0.05, 0) is 82.1 Å². The predicted octanol–water partition coefficient (Wildman–Crippen LogP) is 6.41. The van der Waals surface area contributed by atoms with E-state index in [0.717, 1.165) is 23.8 Å². The van der Waals surface area contributed by atoms with Crippen LogP contribution in [0.3, 0.4) is 0 Å². The van der Waals surface area contributed by atoms with Gasteiger partial charge in [-0.3, -0.25) is 0 Å². The van der Waals surface area contributed by atoms with Crippen LogP contribution in [0.1, 0.15) is 59.1 Å². The van der Waals surface area contributed by atoms with Crippen LogP contribution in [0, 0.1) is 0 Å². The summed E-state index contributed by atoms with van der Waals surface area (Å²) in [6, 6.07) is 16.6. The molecule has 0 heterocycles. The Morgan fingerprint density at radius 1 is 0.833 bits per heavy atom. The monoisotopic (exact) mass is 430 g/mol. The van der Waals surface area contributed by atoms with Gasteiger partial charge in [-0.15, -0.1) is 0 Å². The molecule has 0 saturated heterocycles. The fourth-order valence-electron chi connectivity index (χ4n) is 3.74. The van der Waals surface area contributed by atoms with Crippen molar-refractivity contribution in [2.24, 2.45) is 0 Å². The zero-order chi connectivity index (χ0) is 22.4. The van der Waals surface area contributed by atoms with Gasteiger partial charge in [0.05, 0.1) is 6.61 Å². The van der Waals surface area contributed by atoms with Gasteiger partial charge >= 0.3 is 8.56 Å². The first-order valence-corrected chi connectivity index (χ1v) is 13.4. The Bertz CT molecular complexity index is 757. The van der Waals surface area contributed by atoms with Gasteiger partial charge in [0.25, 0.3) is 0 Å². The van der Waals surface area contributed by atoms with E-state index in [1.807, 2.05) is 24.3 Å². The lowest BCUT2D eigenvalue weighted by atomic mass is 9.78. The second kappa shape index (κ2) is 10.5. The average molecular weight is 431 g/mol. The molecule has 2 aromatic carbocycles. The number of ether oxygens (including phenoxy) is 1. The van der Waals surface area contributed by atoms with Crippen molar-refractivity contribution in [3.63, 3.8) is 0 Å². The molecule has 0 atom stereocenters. The highest BCUT2D eigenvalue weighted by molar-refractivity contribution is 6.66. The third kappa shape index (κ3) is 7.15. The van der Waals surface area contributed by atoms with Crippen LogP contribution in [0.25, 0.3) is 0 Å². The number of hydrogen-bond donors (Lipinski definition) is 1. The van der Waals surface area contributed by atoms with E-state index in [1.165, 1.54) is 5.56 Å². The van der Waals surface area contributed by atoms with Crippen LogP contribution in [0.15, 0.2) is 48.5 Å². The number of benzene rings is 2. The van der Waals surface area contributed by atoms with E-state index in [0.29, 0.717) is 6.61 Å². The number of aromatic hydroxyl groups is 1. The summed E-state index contributed by atoms with van der Waals surface area (Å²) in [6.07, 6.45) is 1.25. The Kier molecular flexibility index (Phi) is 8.53. The van der Waals surface area contributed by atoms with Crippen molar-refractivity contribution < 1.29 is 18.7 Å². The molecule has 0 radical (unpaired) electrons. The number of phenolic OH excluding ortho intramolecular Hbond substituents is 1. The van der Waals surface area contributed by atoms with Gasteiger partial charge in [-0.25, -0.2) is 0 Å². The third-order valence-corrected chi connectivity index (χ3v) is 8.38. The molecular formula is C25H38O4Si. The summed E-state index contributed by atoms with van der Waals surface area (Å²) >= 11 is 0. The van der Waals surface area contributed by atoms with Crippen LogP contribution in [0.5, 0.6) is 11.5 Å². The maximum atomic E-state index is 9.54. The molecule has 0 unspecified atom stereocenters. The molecule has 5 heteroatoms. The minimum atomic E-state index is -2.19. The topological polar surface area (TPSA) is 47.9 Å². The van der Waals surface area contributed by atoms with Gasteiger partial charge in [-0.1, -0.05) is 38.1 Å². The molecule has 1 N–H and O–H groups in total. The standard InChI is InChI=1S/C25H38O4Si/c1-19(2)28-30(7,29-20(3)4)18-8-17-27-24-15-11-22(12-16-24)25(5,6)21-9-13-23(26)14-10-21/h9-16,19-20,26H,8,17-18H2,1-7H3. The largest absolute Gasteiger partial charge is 0.508 e. The Balaban J connectivity index is 1.92. The van der Waals surface area contributed by atoms with Crippen LogP contribution >= 0.6 is 0 Å². The molecule has 0 bridgehead atoms. The molecule has 0 saturated carbocycles. The Morgan fingerprint density at radius 3 is 1.77 bits per heavy atom. The van der Waals surface area contributed by atoms with Crippen molar-refractivity contribution >= 4 is 8.56 Å². The molecule has 0 aliphatic carbocycles. The number of phenols is 1. The summed E-state index contributed by atoms with van der Waals surface area (Å²) in [5, 5.41) is 9.54. The molecule has 0 aliphatic rings. The molecule has 30 heavy (non-hydrogen) atoms. The Morgan fingerprint density at radius 2 is 1.30 bits per heavy atom. The highest BCUT2D eigenvalue weighted by Gasteiger charge is 2.33. The Hall–Kier alpha value is -1.82. The molecule has 166 valence electrons. The predicted molar refractivity (Wildman–Crippen MR) is 126 cm³/mol.